The van der Waals surface area contributed by atoms with Crippen LogP contribution in [0.3, 0.4) is 0 Å². The number of Topliss-reactive ketones (excluding diaryl/α,β-unsaturated/α-hetero) is 4. The van der Waals surface area contributed by atoms with Gasteiger partial charge in [0.25, 0.3) is 0 Å². The number of rotatable bonds is 23. The number of fused-ring (bicyclic) bond motifs is 6. The predicted octanol–water partition coefficient (Wildman–Crippen LogP) is 10.5. The molecule has 0 saturated carbocycles. The normalized spacial score (nSPS) is 15.2. The van der Waals surface area contributed by atoms with Gasteiger partial charge in [-0.2, -0.15) is 0 Å². The zero-order chi connectivity index (χ0) is 50.9. The van der Waals surface area contributed by atoms with Gasteiger partial charge in [-0.15, -0.1) is 0 Å². The van der Waals surface area contributed by atoms with Crippen LogP contribution in [0.5, 0.6) is 17.2 Å². The van der Waals surface area contributed by atoms with Crippen LogP contribution in [-0.2, 0) is 49.5 Å². The predicted molar refractivity (Wildman–Crippen MR) is 267 cm³/mol. The van der Waals surface area contributed by atoms with E-state index in [-0.39, 0.29) is 123 Å². The minimum atomic E-state index is -1.24. The molecule has 6 bridgehead atoms. The Bertz CT molecular complexity index is 2490. The van der Waals surface area contributed by atoms with E-state index in [0.717, 1.165) is 0 Å². The molecule has 0 aromatic heterocycles. The number of allylic oxidation sites excluding steroid dienone is 2. The summed E-state index contributed by atoms with van der Waals surface area (Å²) in [5.41, 5.74) is 4.80. The first kappa shape index (κ1) is 55.2. The molecule has 12 heteroatoms. The third-order valence-corrected chi connectivity index (χ3v) is 11.8. The summed E-state index contributed by atoms with van der Waals surface area (Å²) in [6.07, 6.45) is 3.65. The fourth-order valence-electron chi connectivity index (χ4n) is 8.24. The standard InChI is InChI=1S/C57H70O12/c1-11-15-48(58)36(9)23-41-31-45-29-40(51(61)18-14-4)30-47(55(45)67-20-22-69-57(65)35(7)8)33-43-26-38(49(59)16-12-2)25-42(53(43)63)32-46-28-39(50(60)17-13-3)27-44(24-37(10)52(41)62)54(46)66-19-21-68-56(64)34(5)6/h23,25-30,37,52,62-63H,5,7,9,11-22,24,31-33H2,1-4,6,8,10H3/b41-23-. The van der Waals surface area contributed by atoms with Gasteiger partial charge in [0.15, 0.2) is 23.1 Å². The zero-order valence-corrected chi connectivity index (χ0v) is 41.6. The summed E-state index contributed by atoms with van der Waals surface area (Å²) in [5.74, 6) is -1.92. The lowest BCUT2D eigenvalue weighted by Crippen LogP contribution is -2.25. The first-order chi connectivity index (χ1) is 32.8. The molecule has 2 atom stereocenters. The summed E-state index contributed by atoms with van der Waals surface area (Å²) in [5, 5.41) is 25.0. The van der Waals surface area contributed by atoms with Crippen molar-refractivity contribution in [2.24, 2.45) is 5.92 Å². The highest BCUT2D eigenvalue weighted by Gasteiger charge is 2.28. The number of phenols is 1. The number of aliphatic hydroxyl groups is 1. The van der Waals surface area contributed by atoms with Crippen molar-refractivity contribution < 1.29 is 57.9 Å². The Labute approximate surface area is 407 Å². The van der Waals surface area contributed by atoms with Gasteiger partial charge in [-0.1, -0.05) is 54.4 Å². The molecule has 4 rings (SSSR count). The van der Waals surface area contributed by atoms with Crippen molar-refractivity contribution in [1.82, 2.24) is 0 Å². The second-order valence-corrected chi connectivity index (χ2v) is 18.0. The lowest BCUT2D eigenvalue weighted by molar-refractivity contribution is -0.140. The van der Waals surface area contributed by atoms with Crippen LogP contribution < -0.4 is 9.47 Å². The van der Waals surface area contributed by atoms with E-state index in [9.17, 15) is 39.0 Å². The van der Waals surface area contributed by atoms with Crippen LogP contribution >= 0.6 is 0 Å². The van der Waals surface area contributed by atoms with Gasteiger partial charge in [0.1, 0.15) is 43.7 Å². The Kier molecular flexibility index (Phi) is 21.1. The highest BCUT2D eigenvalue weighted by Crippen LogP contribution is 2.39. The van der Waals surface area contributed by atoms with E-state index in [1.54, 1.807) is 42.5 Å². The molecule has 0 heterocycles. The molecule has 3 aromatic carbocycles. The summed E-state index contributed by atoms with van der Waals surface area (Å²) >= 11 is 0. The van der Waals surface area contributed by atoms with E-state index >= 15 is 0 Å². The van der Waals surface area contributed by atoms with Gasteiger partial charge in [0.05, 0.1) is 6.10 Å². The maximum absolute atomic E-state index is 13.9. The van der Waals surface area contributed by atoms with Gasteiger partial charge >= 0.3 is 11.9 Å². The van der Waals surface area contributed by atoms with E-state index in [0.29, 0.717) is 92.8 Å². The largest absolute Gasteiger partial charge is 0.507 e. The molecule has 0 spiro atoms. The smallest absolute Gasteiger partial charge is 0.333 e. The third kappa shape index (κ3) is 15.3. The Morgan fingerprint density at radius 2 is 0.957 bits per heavy atom. The monoisotopic (exact) mass is 946 g/mol. The number of esters is 2. The van der Waals surface area contributed by atoms with Crippen molar-refractivity contribution in [3.8, 4) is 17.2 Å². The molecular weight excluding hydrogens is 877 g/mol. The third-order valence-electron chi connectivity index (χ3n) is 11.8. The van der Waals surface area contributed by atoms with Crippen molar-refractivity contribution in [3.05, 3.63) is 135 Å². The van der Waals surface area contributed by atoms with Crippen molar-refractivity contribution in [3.63, 3.8) is 0 Å². The van der Waals surface area contributed by atoms with E-state index in [4.69, 9.17) is 18.9 Å². The molecule has 1 aliphatic carbocycles. The van der Waals surface area contributed by atoms with Crippen LogP contribution in [0, 0.1) is 5.92 Å². The number of carbonyl (C=O) groups is 6. The molecule has 0 aliphatic heterocycles. The average molecular weight is 947 g/mol. The Morgan fingerprint density at radius 1 is 0.580 bits per heavy atom. The van der Waals surface area contributed by atoms with Crippen molar-refractivity contribution in [2.75, 3.05) is 26.4 Å². The molecule has 1 aliphatic rings. The molecule has 2 unspecified atom stereocenters. The Morgan fingerprint density at radius 3 is 1.36 bits per heavy atom. The molecule has 12 nitrogen and oxygen atoms in total. The number of carbonyl (C=O) groups excluding carboxylic acids is 6. The van der Waals surface area contributed by atoms with Gasteiger partial charge < -0.3 is 29.2 Å². The van der Waals surface area contributed by atoms with Crippen molar-refractivity contribution in [2.45, 2.75) is 132 Å². The Hall–Kier alpha value is -6.40. The fraction of sp³-hybridized carbons (Fsp3) is 0.439. The minimum absolute atomic E-state index is 0.00756. The molecule has 370 valence electrons. The number of aliphatic hydroxyl groups excluding tert-OH is 1. The highest BCUT2D eigenvalue weighted by atomic mass is 16.6. The summed E-state index contributed by atoms with van der Waals surface area (Å²) in [7, 11) is 0. The SMILES string of the molecule is C=C(C)C(=O)OCCOc1c2cc(C(=O)CCC)cc1Cc1cc(C(=O)CCC)cc(c1O)Cc1cc(C(=O)CCC)cc(c1OCCOC(=O)C(=C)C)CC(C)C(O)/C(=C\C(=C)C(=O)CCC)C2. The lowest BCUT2D eigenvalue weighted by Gasteiger charge is -2.27. The quantitative estimate of drug-likeness (QED) is 0.0398. The second-order valence-electron chi connectivity index (χ2n) is 18.0. The number of phenolic OH excluding ortho intramolecular Hbond substituents is 1. The minimum Gasteiger partial charge on any atom is -0.507 e. The number of ether oxygens (including phenoxy) is 4. The van der Waals surface area contributed by atoms with Gasteiger partial charge in [-0.05, 0) is 140 Å². The zero-order valence-electron chi connectivity index (χ0n) is 41.6. The molecule has 0 saturated heterocycles. The molecule has 69 heavy (non-hydrogen) atoms. The summed E-state index contributed by atoms with van der Waals surface area (Å²) < 4.78 is 23.7. The number of benzene rings is 3. The van der Waals surface area contributed by atoms with E-state index in [1.165, 1.54) is 13.8 Å². The molecule has 0 amide bonds. The van der Waals surface area contributed by atoms with Gasteiger partial charge in [0.2, 0.25) is 0 Å². The molecule has 3 aromatic rings. The van der Waals surface area contributed by atoms with Crippen LogP contribution in [0.25, 0.3) is 0 Å². The van der Waals surface area contributed by atoms with Gasteiger partial charge in [0, 0.05) is 71.9 Å². The number of hydrogen-bond donors (Lipinski definition) is 2. The highest BCUT2D eigenvalue weighted by molar-refractivity contribution is 5.99. The van der Waals surface area contributed by atoms with Crippen LogP contribution in [0.15, 0.2) is 84.5 Å². The number of ketones is 4. The fourth-order valence-corrected chi connectivity index (χ4v) is 8.24. The van der Waals surface area contributed by atoms with E-state index < -0.39 is 24.0 Å². The van der Waals surface area contributed by atoms with Crippen LogP contribution in [0.2, 0.25) is 0 Å². The van der Waals surface area contributed by atoms with Crippen molar-refractivity contribution >= 4 is 35.1 Å². The summed E-state index contributed by atoms with van der Waals surface area (Å²) in [6, 6.07) is 10.2. The van der Waals surface area contributed by atoms with Crippen LogP contribution in [0.1, 0.15) is 164 Å². The summed E-state index contributed by atoms with van der Waals surface area (Å²) in [6.45, 7) is 23.4. The molecular formula is C57H70O12. The second kappa shape index (κ2) is 26.4. The van der Waals surface area contributed by atoms with E-state index in [2.05, 4.69) is 19.7 Å². The van der Waals surface area contributed by atoms with Crippen molar-refractivity contribution in [1.29, 1.82) is 0 Å². The topological polar surface area (TPSA) is 180 Å². The number of hydrogen-bond acceptors (Lipinski definition) is 12. The summed E-state index contributed by atoms with van der Waals surface area (Å²) in [4.78, 5) is 79.6. The van der Waals surface area contributed by atoms with Crippen LogP contribution in [0.4, 0.5) is 0 Å². The first-order valence-corrected chi connectivity index (χ1v) is 24.1. The average Bonchev–Trinajstić information content (AvgIpc) is 3.30. The maximum Gasteiger partial charge on any atom is 0.333 e. The van der Waals surface area contributed by atoms with E-state index in [1.807, 2.05) is 34.6 Å². The number of aromatic hydroxyl groups is 1. The molecule has 2 N–H and O–H groups in total. The molecule has 0 radical (unpaired) electrons. The maximum atomic E-state index is 13.9. The first-order valence-electron chi connectivity index (χ1n) is 24.1. The lowest BCUT2D eigenvalue weighted by atomic mass is 9.83. The van der Waals surface area contributed by atoms with Crippen LogP contribution in [-0.4, -0.2) is 77.8 Å². The Balaban J connectivity index is 2.14. The van der Waals surface area contributed by atoms with Gasteiger partial charge in [-0.25, -0.2) is 9.59 Å². The van der Waals surface area contributed by atoms with Gasteiger partial charge in [-0.3, -0.25) is 19.2 Å². The molecule has 0 fully saturated rings.